The van der Waals surface area contributed by atoms with Crippen LogP contribution in [-0.4, -0.2) is 19.0 Å². The monoisotopic (exact) mass is 213 g/mol. The second kappa shape index (κ2) is 4.11. The maximum Gasteiger partial charge on any atom is 0.337 e. The fourth-order valence-corrected chi connectivity index (χ4v) is 1.17. The number of esters is 1. The lowest BCUT2D eigenvalue weighted by atomic mass is 10.1. The van der Waals surface area contributed by atoms with Crippen LogP contribution in [0.5, 0.6) is 0 Å². The minimum atomic E-state index is -0.680. The molecule has 1 amide bonds. The first-order valence-corrected chi connectivity index (χ1v) is 4.11. The number of methoxy groups -OCH3 is 1. The van der Waals surface area contributed by atoms with Gasteiger partial charge in [0.25, 0.3) is 0 Å². The number of benzene rings is 1. The van der Waals surface area contributed by atoms with E-state index in [1.165, 1.54) is 25.3 Å². The van der Waals surface area contributed by atoms with Crippen LogP contribution in [0.1, 0.15) is 20.7 Å². The van der Waals surface area contributed by atoms with Gasteiger partial charge in [0, 0.05) is 0 Å². The predicted octanol–water partition coefficient (Wildman–Crippen LogP) is 1.23. The number of primary amides is 1. The standard InChI is InChI=1S/C9H8ClNO3/c1-14-9(13)5-2-3-7(10)6(4-5)8(11)12/h2-4H,1H3,(H2,11,12). The van der Waals surface area contributed by atoms with Crippen molar-refractivity contribution in [3.63, 3.8) is 0 Å². The van der Waals surface area contributed by atoms with Gasteiger partial charge in [-0.3, -0.25) is 4.79 Å². The summed E-state index contributed by atoms with van der Waals surface area (Å²) in [6.07, 6.45) is 0. The molecule has 0 aliphatic rings. The minimum absolute atomic E-state index is 0.106. The third kappa shape index (κ3) is 2.03. The van der Waals surface area contributed by atoms with Crippen LogP contribution >= 0.6 is 11.6 Å². The number of halogens is 1. The number of carbonyl (C=O) groups excluding carboxylic acids is 2. The van der Waals surface area contributed by atoms with E-state index in [-0.39, 0.29) is 16.1 Å². The van der Waals surface area contributed by atoms with Crippen molar-refractivity contribution in [1.82, 2.24) is 0 Å². The quantitative estimate of drug-likeness (QED) is 0.751. The van der Waals surface area contributed by atoms with Gasteiger partial charge in [0.15, 0.2) is 0 Å². The molecule has 0 atom stereocenters. The molecule has 0 saturated carbocycles. The van der Waals surface area contributed by atoms with E-state index in [1.807, 2.05) is 0 Å². The van der Waals surface area contributed by atoms with Crippen LogP contribution in [0, 0.1) is 0 Å². The van der Waals surface area contributed by atoms with E-state index in [0.29, 0.717) is 0 Å². The van der Waals surface area contributed by atoms with Crippen molar-refractivity contribution in [2.45, 2.75) is 0 Å². The topological polar surface area (TPSA) is 69.4 Å². The van der Waals surface area contributed by atoms with Crippen molar-refractivity contribution in [1.29, 1.82) is 0 Å². The number of ether oxygens (including phenoxy) is 1. The molecule has 0 heterocycles. The number of amides is 1. The number of hydrogen-bond donors (Lipinski definition) is 1. The van der Waals surface area contributed by atoms with Gasteiger partial charge in [-0.25, -0.2) is 4.79 Å². The largest absolute Gasteiger partial charge is 0.465 e. The highest BCUT2D eigenvalue weighted by molar-refractivity contribution is 6.33. The van der Waals surface area contributed by atoms with Crippen molar-refractivity contribution in [3.05, 3.63) is 34.3 Å². The maximum absolute atomic E-state index is 11.1. The zero-order valence-electron chi connectivity index (χ0n) is 7.41. The second-order valence-corrected chi connectivity index (χ2v) is 2.96. The highest BCUT2D eigenvalue weighted by Crippen LogP contribution is 2.17. The highest BCUT2D eigenvalue weighted by atomic mass is 35.5. The van der Waals surface area contributed by atoms with E-state index >= 15 is 0 Å². The molecule has 1 rings (SSSR count). The number of nitrogens with two attached hydrogens (primary N) is 1. The molecule has 5 heteroatoms. The first-order chi connectivity index (χ1) is 6.56. The highest BCUT2D eigenvalue weighted by Gasteiger charge is 2.11. The summed E-state index contributed by atoms with van der Waals surface area (Å²) < 4.78 is 4.48. The molecule has 4 nitrogen and oxygen atoms in total. The molecule has 0 aliphatic heterocycles. The summed E-state index contributed by atoms with van der Waals surface area (Å²) >= 11 is 5.69. The van der Waals surface area contributed by atoms with Crippen LogP contribution < -0.4 is 5.73 Å². The van der Waals surface area contributed by atoms with Crippen LogP contribution in [0.15, 0.2) is 18.2 Å². The Morgan fingerprint density at radius 1 is 1.43 bits per heavy atom. The molecule has 0 radical (unpaired) electrons. The Hall–Kier alpha value is -1.55. The summed E-state index contributed by atoms with van der Waals surface area (Å²) in [6.45, 7) is 0. The number of carbonyl (C=O) groups is 2. The molecule has 2 N–H and O–H groups in total. The van der Waals surface area contributed by atoms with E-state index in [0.717, 1.165) is 0 Å². The molecule has 0 unspecified atom stereocenters. The van der Waals surface area contributed by atoms with E-state index in [9.17, 15) is 9.59 Å². The zero-order valence-corrected chi connectivity index (χ0v) is 8.17. The lowest BCUT2D eigenvalue weighted by molar-refractivity contribution is 0.0600. The molecule has 0 saturated heterocycles. The first-order valence-electron chi connectivity index (χ1n) is 3.74. The molecule has 74 valence electrons. The molecule has 0 aromatic heterocycles. The SMILES string of the molecule is COC(=O)c1ccc(Cl)c(C(N)=O)c1. The normalized spacial score (nSPS) is 9.57. The van der Waals surface area contributed by atoms with Gasteiger partial charge in [-0.15, -0.1) is 0 Å². The summed E-state index contributed by atoms with van der Waals surface area (Å²) in [5, 5.41) is 0.213. The molecule has 0 bridgehead atoms. The van der Waals surface area contributed by atoms with Crippen LogP contribution in [0.3, 0.4) is 0 Å². The third-order valence-corrected chi connectivity index (χ3v) is 1.98. The van der Waals surface area contributed by atoms with Crippen LogP contribution in [0.25, 0.3) is 0 Å². The predicted molar refractivity (Wildman–Crippen MR) is 51.3 cm³/mol. The Bertz CT molecular complexity index is 390. The fourth-order valence-electron chi connectivity index (χ4n) is 0.959. The molecule has 1 aromatic rings. The Kier molecular flexibility index (Phi) is 3.09. The molecule has 1 aromatic carbocycles. The van der Waals surface area contributed by atoms with Gasteiger partial charge in [-0.2, -0.15) is 0 Å². The molecule has 0 spiro atoms. The summed E-state index contributed by atoms with van der Waals surface area (Å²) in [7, 11) is 1.25. The molecular formula is C9H8ClNO3. The van der Waals surface area contributed by atoms with Crippen LogP contribution in [0.2, 0.25) is 5.02 Å². The molecule has 14 heavy (non-hydrogen) atoms. The van der Waals surface area contributed by atoms with Gasteiger partial charge in [0.05, 0.1) is 23.3 Å². The zero-order chi connectivity index (χ0) is 10.7. The van der Waals surface area contributed by atoms with Gasteiger partial charge < -0.3 is 10.5 Å². The summed E-state index contributed by atoms with van der Waals surface area (Å²) in [6, 6.07) is 4.19. The van der Waals surface area contributed by atoms with E-state index in [2.05, 4.69) is 4.74 Å². The van der Waals surface area contributed by atoms with E-state index < -0.39 is 11.9 Å². The van der Waals surface area contributed by atoms with E-state index in [1.54, 1.807) is 0 Å². The first kappa shape index (κ1) is 10.5. The lowest BCUT2D eigenvalue weighted by Gasteiger charge is -2.02. The van der Waals surface area contributed by atoms with Gasteiger partial charge >= 0.3 is 5.97 Å². The van der Waals surface area contributed by atoms with E-state index in [4.69, 9.17) is 17.3 Å². The molecule has 0 aliphatic carbocycles. The average molecular weight is 214 g/mol. The molecule has 0 fully saturated rings. The average Bonchev–Trinajstić information content (AvgIpc) is 2.17. The lowest BCUT2D eigenvalue weighted by Crippen LogP contribution is -2.13. The maximum atomic E-state index is 11.1. The Balaban J connectivity index is 3.19. The van der Waals surface area contributed by atoms with Crippen molar-refractivity contribution >= 4 is 23.5 Å². The Morgan fingerprint density at radius 3 is 2.57 bits per heavy atom. The van der Waals surface area contributed by atoms with Crippen molar-refractivity contribution in [2.24, 2.45) is 5.73 Å². The van der Waals surface area contributed by atoms with Gasteiger partial charge in [-0.05, 0) is 18.2 Å². The van der Waals surface area contributed by atoms with Crippen molar-refractivity contribution in [2.75, 3.05) is 7.11 Å². The van der Waals surface area contributed by atoms with Crippen molar-refractivity contribution in [3.8, 4) is 0 Å². The smallest absolute Gasteiger partial charge is 0.337 e. The van der Waals surface area contributed by atoms with Gasteiger partial charge in [-0.1, -0.05) is 11.6 Å². The Labute approximate surface area is 85.6 Å². The van der Waals surface area contributed by atoms with Crippen LogP contribution in [-0.2, 0) is 4.74 Å². The fraction of sp³-hybridized carbons (Fsp3) is 0.111. The van der Waals surface area contributed by atoms with Crippen molar-refractivity contribution < 1.29 is 14.3 Å². The van der Waals surface area contributed by atoms with Gasteiger partial charge in [0.2, 0.25) is 5.91 Å². The summed E-state index contributed by atoms with van der Waals surface area (Å²) in [5.41, 5.74) is 5.40. The minimum Gasteiger partial charge on any atom is -0.465 e. The summed E-state index contributed by atoms with van der Waals surface area (Å²) in [5.74, 6) is -1.22. The molecular weight excluding hydrogens is 206 g/mol. The van der Waals surface area contributed by atoms with Crippen LogP contribution in [0.4, 0.5) is 0 Å². The third-order valence-electron chi connectivity index (χ3n) is 1.65. The second-order valence-electron chi connectivity index (χ2n) is 2.55. The van der Waals surface area contributed by atoms with Gasteiger partial charge in [0.1, 0.15) is 0 Å². The number of hydrogen-bond acceptors (Lipinski definition) is 3. The number of rotatable bonds is 2. The summed E-state index contributed by atoms with van der Waals surface area (Å²) in [4.78, 5) is 22.0. The Morgan fingerprint density at radius 2 is 2.07 bits per heavy atom.